The van der Waals surface area contributed by atoms with Crippen LogP contribution >= 0.6 is 0 Å². The predicted molar refractivity (Wildman–Crippen MR) is 277 cm³/mol. The molecule has 4 aromatic rings. The van der Waals surface area contributed by atoms with Gasteiger partial charge in [-0.1, -0.05) is 74.8 Å². The minimum atomic E-state index is -0.796. The van der Waals surface area contributed by atoms with Gasteiger partial charge in [-0.25, -0.2) is 38.4 Å². The van der Waals surface area contributed by atoms with Crippen LogP contribution in [0.4, 0.5) is 19.2 Å². The topological polar surface area (TPSA) is 259 Å². The molecule has 4 N–H and O–H groups in total. The van der Waals surface area contributed by atoms with Gasteiger partial charge in [0, 0.05) is 39.8 Å². The molecule has 74 heavy (non-hydrogen) atoms. The summed E-state index contributed by atoms with van der Waals surface area (Å²) in [6.45, 7) is 19.6. The quantitative estimate of drug-likeness (QED) is 0.0210. The Balaban J connectivity index is 0.0000148. The summed E-state index contributed by atoms with van der Waals surface area (Å²) in [7, 11) is 0. The molecule has 0 unspecified atom stereocenters. The lowest BCUT2D eigenvalue weighted by molar-refractivity contribution is -0.139. The standard InChI is InChI=1S/C54H58N4O16.4H2/c1-33(2)47(59)67-29-25-55-51(63)71-41-17-9-37(10-18-41)45(38-11-19-42(20-12-38)72-52(64)56-26-30-68-48(60)34(3)4)46(39-13-21-43(22-14-39)73-53(65)57-27-31-69-49(61)35(5)6)40-15-23-44(24-16-40)74-54(66)58-28-32-70-50(62)36(7)8;;;;/h9-24,45-46H,1,3,5,7,25-32H2,2,4,6,8H3,(H,55,63)(H,56,64)(H,57,65)(H,58,66);4*1H. The molecule has 0 bridgehead atoms. The van der Waals surface area contributed by atoms with Crippen LogP contribution in [0.25, 0.3) is 0 Å². The molecule has 0 aromatic heterocycles. The van der Waals surface area contributed by atoms with Gasteiger partial charge >= 0.3 is 48.3 Å². The third kappa shape index (κ3) is 19.5. The van der Waals surface area contributed by atoms with E-state index in [1.807, 2.05) is 0 Å². The number of ether oxygens (including phenoxy) is 8. The van der Waals surface area contributed by atoms with E-state index < -0.39 is 60.1 Å². The minimum Gasteiger partial charge on any atom is -0.460 e. The molecule has 0 spiro atoms. The van der Waals surface area contributed by atoms with Crippen molar-refractivity contribution in [2.45, 2.75) is 39.5 Å². The fraction of sp³-hybridized carbons (Fsp3) is 0.259. The van der Waals surface area contributed by atoms with E-state index in [-0.39, 0.29) is 104 Å². The maximum atomic E-state index is 12.7. The molecule has 0 aliphatic carbocycles. The van der Waals surface area contributed by atoms with Gasteiger partial charge in [-0.3, -0.25) is 0 Å². The first-order valence-electron chi connectivity index (χ1n) is 22.8. The molecular weight excluding hydrogens is 961 g/mol. The van der Waals surface area contributed by atoms with Gasteiger partial charge in [0.1, 0.15) is 49.4 Å². The summed E-state index contributed by atoms with van der Waals surface area (Å²) < 4.78 is 42.1. The highest BCUT2D eigenvalue weighted by molar-refractivity contribution is 5.88. The lowest BCUT2D eigenvalue weighted by Crippen LogP contribution is -2.30. The number of carbonyl (C=O) groups is 8. The number of hydrogen-bond donors (Lipinski definition) is 4. The van der Waals surface area contributed by atoms with Crippen molar-refractivity contribution in [3.05, 3.63) is 168 Å². The van der Waals surface area contributed by atoms with Crippen LogP contribution in [-0.4, -0.2) is 101 Å². The van der Waals surface area contributed by atoms with Crippen LogP contribution in [0.3, 0.4) is 0 Å². The van der Waals surface area contributed by atoms with E-state index in [1.165, 1.54) is 27.7 Å². The zero-order valence-corrected chi connectivity index (χ0v) is 41.4. The van der Waals surface area contributed by atoms with Gasteiger partial charge in [0.2, 0.25) is 0 Å². The zero-order chi connectivity index (χ0) is 54.2. The molecule has 0 fully saturated rings. The third-order valence-electron chi connectivity index (χ3n) is 9.94. The molecule has 0 atom stereocenters. The van der Waals surface area contributed by atoms with E-state index in [0.29, 0.717) is 22.3 Å². The summed E-state index contributed by atoms with van der Waals surface area (Å²) in [5, 5.41) is 10.1. The average molecular weight is 1030 g/mol. The molecule has 20 nitrogen and oxygen atoms in total. The molecule has 0 aliphatic rings. The minimum absolute atomic E-state index is 0. The van der Waals surface area contributed by atoms with Gasteiger partial charge in [-0.15, -0.1) is 0 Å². The van der Waals surface area contributed by atoms with Crippen LogP contribution in [0.2, 0.25) is 0 Å². The maximum absolute atomic E-state index is 12.7. The molecule has 0 saturated carbocycles. The summed E-state index contributed by atoms with van der Waals surface area (Å²) in [5.74, 6) is -2.78. The Bertz CT molecular complexity index is 2340. The second-order valence-electron chi connectivity index (χ2n) is 16.2. The number of amides is 4. The van der Waals surface area contributed by atoms with Crippen molar-refractivity contribution in [2.24, 2.45) is 0 Å². The van der Waals surface area contributed by atoms with Gasteiger partial charge in [-0.2, -0.15) is 0 Å². The third-order valence-corrected chi connectivity index (χ3v) is 9.94. The normalized spacial score (nSPS) is 10.4. The molecule has 0 saturated heterocycles. The summed E-state index contributed by atoms with van der Waals surface area (Å²) in [4.78, 5) is 97.6. The number of benzene rings is 4. The highest BCUT2D eigenvalue weighted by Crippen LogP contribution is 2.44. The van der Waals surface area contributed by atoms with Crippen LogP contribution in [-0.2, 0) is 38.1 Å². The molecule has 4 amide bonds. The lowest BCUT2D eigenvalue weighted by Gasteiger charge is -2.30. The lowest BCUT2D eigenvalue weighted by atomic mass is 9.73. The maximum Gasteiger partial charge on any atom is 0.412 e. The number of carbonyl (C=O) groups excluding carboxylic acids is 8. The smallest absolute Gasteiger partial charge is 0.412 e. The monoisotopic (exact) mass is 1030 g/mol. The van der Waals surface area contributed by atoms with Crippen molar-refractivity contribution >= 4 is 48.3 Å². The molecule has 398 valence electrons. The first-order valence-corrected chi connectivity index (χ1v) is 22.8. The first kappa shape index (κ1) is 57.4. The molecule has 0 aliphatic heterocycles. The van der Waals surface area contributed by atoms with Crippen LogP contribution in [0.1, 0.15) is 67.5 Å². The highest BCUT2D eigenvalue weighted by Gasteiger charge is 2.29. The van der Waals surface area contributed by atoms with Crippen molar-refractivity contribution in [3.8, 4) is 23.0 Å². The first-order chi connectivity index (χ1) is 35.3. The number of nitrogens with one attached hydrogen (secondary N) is 4. The Morgan fingerprint density at radius 2 is 0.527 bits per heavy atom. The Morgan fingerprint density at radius 3 is 0.689 bits per heavy atom. The number of hydrogen-bond acceptors (Lipinski definition) is 16. The van der Waals surface area contributed by atoms with E-state index in [2.05, 4.69) is 47.6 Å². The summed E-state index contributed by atoms with van der Waals surface area (Å²) in [5.41, 5.74) is 3.70. The Labute approximate surface area is 433 Å². The van der Waals surface area contributed by atoms with Gasteiger partial charge in [0.05, 0.1) is 26.2 Å². The summed E-state index contributed by atoms with van der Waals surface area (Å²) in [6, 6.07) is 26.9. The average Bonchev–Trinajstić information content (AvgIpc) is 3.37. The van der Waals surface area contributed by atoms with Gasteiger partial charge in [-0.05, 0) is 98.5 Å². The van der Waals surface area contributed by atoms with E-state index >= 15 is 0 Å². The van der Waals surface area contributed by atoms with Crippen LogP contribution in [0, 0.1) is 0 Å². The fourth-order valence-corrected chi connectivity index (χ4v) is 6.38. The van der Waals surface area contributed by atoms with E-state index in [4.69, 9.17) is 37.9 Å². The molecule has 4 aromatic carbocycles. The predicted octanol–water partition coefficient (Wildman–Crippen LogP) is 8.47. The second-order valence-corrected chi connectivity index (χ2v) is 16.2. The molecule has 0 radical (unpaired) electrons. The Hall–Kier alpha value is -9.20. The Kier molecular flexibility index (Phi) is 22.7. The van der Waals surface area contributed by atoms with Crippen molar-refractivity contribution < 1.29 is 82.0 Å². The number of esters is 4. The summed E-state index contributed by atoms with van der Waals surface area (Å²) >= 11 is 0. The Morgan fingerprint density at radius 1 is 0.351 bits per heavy atom. The van der Waals surface area contributed by atoms with Crippen LogP contribution in [0.5, 0.6) is 23.0 Å². The fourth-order valence-electron chi connectivity index (χ4n) is 6.38. The molecule has 4 rings (SSSR count). The molecule has 0 heterocycles. The van der Waals surface area contributed by atoms with E-state index in [0.717, 1.165) is 0 Å². The van der Waals surface area contributed by atoms with Gasteiger partial charge < -0.3 is 59.2 Å². The van der Waals surface area contributed by atoms with Crippen LogP contribution in [0.15, 0.2) is 146 Å². The van der Waals surface area contributed by atoms with Gasteiger partial charge in [0.15, 0.2) is 0 Å². The van der Waals surface area contributed by atoms with E-state index in [9.17, 15) is 38.4 Å². The second kappa shape index (κ2) is 29.2. The highest BCUT2D eigenvalue weighted by atomic mass is 16.6. The molecular formula is C54H66N4O16. The molecule has 20 heteroatoms. The zero-order valence-electron chi connectivity index (χ0n) is 41.4. The van der Waals surface area contributed by atoms with Crippen molar-refractivity contribution in [2.75, 3.05) is 52.6 Å². The number of rotatable bonds is 25. The SMILES string of the molecule is C=C(C)C(=O)OCCNC(=O)Oc1ccc(C(c2ccc(OC(=O)NCCOC(=O)C(=C)C)cc2)C(c2ccc(OC(=O)NCCOC(=O)C(=C)C)cc2)c2ccc(OC(=O)NCCOC(=O)C(=C)C)cc2)cc1.[HH].[HH].[HH].[HH]. The largest absolute Gasteiger partial charge is 0.460 e. The van der Waals surface area contributed by atoms with Gasteiger partial charge in [0.25, 0.3) is 0 Å². The van der Waals surface area contributed by atoms with Crippen molar-refractivity contribution in [3.63, 3.8) is 0 Å². The summed E-state index contributed by atoms with van der Waals surface area (Å²) in [6.07, 6.45) is -3.18. The van der Waals surface area contributed by atoms with E-state index in [1.54, 1.807) is 97.1 Å². The van der Waals surface area contributed by atoms with Crippen molar-refractivity contribution in [1.29, 1.82) is 0 Å². The van der Waals surface area contributed by atoms with Crippen LogP contribution < -0.4 is 40.2 Å². The van der Waals surface area contributed by atoms with Crippen molar-refractivity contribution in [1.82, 2.24) is 21.3 Å².